The number of hydrogen-bond acceptors (Lipinski definition) is 3. The lowest BCUT2D eigenvalue weighted by atomic mass is 10.0. The number of rotatable bonds is 5. The molecule has 3 nitrogen and oxygen atoms in total. The highest BCUT2D eigenvalue weighted by atomic mass is 16.5. The molecule has 2 rings (SSSR count). The summed E-state index contributed by atoms with van der Waals surface area (Å²) in [5, 5.41) is 3.73. The summed E-state index contributed by atoms with van der Waals surface area (Å²) in [6, 6.07) is 1.49. The lowest BCUT2D eigenvalue weighted by molar-refractivity contribution is 0.136. The Morgan fingerprint density at radius 1 is 1.17 bits per heavy atom. The van der Waals surface area contributed by atoms with Gasteiger partial charge in [0.1, 0.15) is 0 Å². The van der Waals surface area contributed by atoms with Crippen LogP contribution in [0.2, 0.25) is 0 Å². The van der Waals surface area contributed by atoms with Gasteiger partial charge in [0.15, 0.2) is 0 Å². The molecule has 2 fully saturated rings. The van der Waals surface area contributed by atoms with Gasteiger partial charge in [-0.1, -0.05) is 26.2 Å². The highest BCUT2D eigenvalue weighted by Crippen LogP contribution is 2.27. The van der Waals surface area contributed by atoms with Crippen LogP contribution in [-0.4, -0.2) is 50.3 Å². The number of likely N-dealkylation sites (N-methyl/N-ethyl adjacent to an activating group) is 1. The molecule has 3 heteroatoms. The van der Waals surface area contributed by atoms with E-state index in [1.807, 2.05) is 7.11 Å². The minimum atomic E-state index is 0.721. The molecule has 0 amide bonds. The summed E-state index contributed by atoms with van der Waals surface area (Å²) >= 11 is 0. The van der Waals surface area contributed by atoms with Crippen molar-refractivity contribution in [2.24, 2.45) is 5.92 Å². The first-order valence-electron chi connectivity index (χ1n) is 7.81. The van der Waals surface area contributed by atoms with Gasteiger partial charge in [-0.3, -0.25) is 4.90 Å². The first-order chi connectivity index (χ1) is 8.85. The Balaban J connectivity index is 1.91. The van der Waals surface area contributed by atoms with Gasteiger partial charge in [0.2, 0.25) is 0 Å². The molecule has 0 aromatic heterocycles. The molecule has 0 spiro atoms. The Labute approximate surface area is 112 Å². The van der Waals surface area contributed by atoms with Crippen molar-refractivity contribution < 1.29 is 4.74 Å². The standard InChI is InChI=1S/C15H30N2O/c1-3-16-14-7-5-4-6-8-15(14)17-10-9-13(11-17)12-18-2/h13-16H,3-12H2,1-2H3. The number of ether oxygens (including phenoxy) is 1. The van der Waals surface area contributed by atoms with E-state index in [-0.39, 0.29) is 0 Å². The number of methoxy groups -OCH3 is 1. The molecule has 0 aromatic carbocycles. The van der Waals surface area contributed by atoms with Gasteiger partial charge in [0.05, 0.1) is 6.61 Å². The average Bonchev–Trinajstić information content (AvgIpc) is 2.69. The monoisotopic (exact) mass is 254 g/mol. The molecule has 1 heterocycles. The highest BCUT2D eigenvalue weighted by Gasteiger charge is 2.33. The van der Waals surface area contributed by atoms with Crippen LogP contribution in [0.1, 0.15) is 45.4 Å². The van der Waals surface area contributed by atoms with Crippen LogP contribution in [-0.2, 0) is 4.74 Å². The van der Waals surface area contributed by atoms with Crippen LogP contribution >= 0.6 is 0 Å². The number of nitrogens with zero attached hydrogens (tertiary/aromatic N) is 1. The maximum Gasteiger partial charge on any atom is 0.0503 e. The van der Waals surface area contributed by atoms with Crippen molar-refractivity contribution in [2.75, 3.05) is 33.4 Å². The van der Waals surface area contributed by atoms with Crippen molar-refractivity contribution in [2.45, 2.75) is 57.5 Å². The SMILES string of the molecule is CCNC1CCCCCC1N1CCC(COC)C1. The molecular weight excluding hydrogens is 224 g/mol. The van der Waals surface area contributed by atoms with E-state index < -0.39 is 0 Å². The zero-order valence-electron chi connectivity index (χ0n) is 12.2. The van der Waals surface area contributed by atoms with E-state index in [0.29, 0.717) is 0 Å². The van der Waals surface area contributed by atoms with Gasteiger partial charge >= 0.3 is 0 Å². The highest BCUT2D eigenvalue weighted by molar-refractivity contribution is 4.90. The van der Waals surface area contributed by atoms with Crippen LogP contribution < -0.4 is 5.32 Å². The molecule has 106 valence electrons. The van der Waals surface area contributed by atoms with E-state index in [1.165, 1.54) is 51.6 Å². The predicted molar refractivity (Wildman–Crippen MR) is 75.9 cm³/mol. The quantitative estimate of drug-likeness (QED) is 0.762. The lowest BCUT2D eigenvalue weighted by Crippen LogP contribution is -2.48. The van der Waals surface area contributed by atoms with Crippen LogP contribution in [0.15, 0.2) is 0 Å². The molecule has 1 saturated heterocycles. The van der Waals surface area contributed by atoms with Crippen LogP contribution in [0.3, 0.4) is 0 Å². The summed E-state index contributed by atoms with van der Waals surface area (Å²) in [5.74, 6) is 0.764. The largest absolute Gasteiger partial charge is 0.384 e. The zero-order chi connectivity index (χ0) is 12.8. The first-order valence-corrected chi connectivity index (χ1v) is 7.81. The fourth-order valence-corrected chi connectivity index (χ4v) is 3.76. The number of likely N-dealkylation sites (tertiary alicyclic amines) is 1. The van der Waals surface area contributed by atoms with Crippen molar-refractivity contribution in [3.05, 3.63) is 0 Å². The maximum absolute atomic E-state index is 5.32. The summed E-state index contributed by atoms with van der Waals surface area (Å²) in [5.41, 5.74) is 0. The molecule has 0 bridgehead atoms. The fraction of sp³-hybridized carbons (Fsp3) is 1.00. The van der Waals surface area contributed by atoms with E-state index in [0.717, 1.165) is 31.2 Å². The second kappa shape index (κ2) is 7.46. The lowest BCUT2D eigenvalue weighted by Gasteiger charge is -2.34. The molecule has 1 aliphatic carbocycles. The predicted octanol–water partition coefficient (Wildman–Crippen LogP) is 2.27. The van der Waals surface area contributed by atoms with Gasteiger partial charge < -0.3 is 10.1 Å². The molecule has 1 aliphatic heterocycles. The van der Waals surface area contributed by atoms with E-state index in [1.54, 1.807) is 0 Å². The Morgan fingerprint density at radius 3 is 2.78 bits per heavy atom. The van der Waals surface area contributed by atoms with Crippen LogP contribution in [0.4, 0.5) is 0 Å². The minimum absolute atomic E-state index is 0.721. The third-order valence-electron chi connectivity index (χ3n) is 4.63. The number of hydrogen-bond donors (Lipinski definition) is 1. The molecule has 3 unspecified atom stereocenters. The molecule has 1 saturated carbocycles. The van der Waals surface area contributed by atoms with Gasteiger partial charge in [-0.2, -0.15) is 0 Å². The van der Waals surface area contributed by atoms with Crippen molar-refractivity contribution in [3.8, 4) is 0 Å². The second-order valence-corrected chi connectivity index (χ2v) is 5.97. The molecule has 18 heavy (non-hydrogen) atoms. The van der Waals surface area contributed by atoms with Crippen molar-refractivity contribution in [3.63, 3.8) is 0 Å². The minimum Gasteiger partial charge on any atom is -0.384 e. The third kappa shape index (κ3) is 3.69. The van der Waals surface area contributed by atoms with Gasteiger partial charge in [0, 0.05) is 25.7 Å². The summed E-state index contributed by atoms with van der Waals surface area (Å²) in [6.45, 7) is 6.81. The van der Waals surface area contributed by atoms with Gasteiger partial charge in [-0.25, -0.2) is 0 Å². The molecule has 2 aliphatic rings. The van der Waals surface area contributed by atoms with Crippen LogP contribution in [0.5, 0.6) is 0 Å². The molecule has 1 N–H and O–H groups in total. The van der Waals surface area contributed by atoms with Crippen molar-refractivity contribution in [1.82, 2.24) is 10.2 Å². The van der Waals surface area contributed by atoms with Crippen molar-refractivity contribution >= 4 is 0 Å². The summed E-state index contributed by atoms with van der Waals surface area (Å²) < 4.78 is 5.32. The Hall–Kier alpha value is -0.120. The maximum atomic E-state index is 5.32. The van der Waals surface area contributed by atoms with E-state index >= 15 is 0 Å². The molecular formula is C15H30N2O. The van der Waals surface area contributed by atoms with Crippen molar-refractivity contribution in [1.29, 1.82) is 0 Å². The third-order valence-corrected chi connectivity index (χ3v) is 4.63. The summed E-state index contributed by atoms with van der Waals surface area (Å²) in [7, 11) is 1.83. The normalized spacial score (nSPS) is 34.7. The van der Waals surface area contributed by atoms with E-state index in [4.69, 9.17) is 4.74 Å². The molecule has 0 radical (unpaired) electrons. The van der Waals surface area contributed by atoms with Gasteiger partial charge in [-0.15, -0.1) is 0 Å². The smallest absolute Gasteiger partial charge is 0.0503 e. The van der Waals surface area contributed by atoms with E-state index in [9.17, 15) is 0 Å². The summed E-state index contributed by atoms with van der Waals surface area (Å²) in [4.78, 5) is 2.74. The summed E-state index contributed by atoms with van der Waals surface area (Å²) in [6.07, 6.45) is 8.32. The molecule has 3 atom stereocenters. The van der Waals surface area contributed by atoms with E-state index in [2.05, 4.69) is 17.1 Å². The van der Waals surface area contributed by atoms with Gasteiger partial charge in [-0.05, 0) is 38.3 Å². The Morgan fingerprint density at radius 2 is 2.00 bits per heavy atom. The average molecular weight is 254 g/mol. The topological polar surface area (TPSA) is 24.5 Å². The Kier molecular flexibility index (Phi) is 5.93. The molecule has 0 aromatic rings. The van der Waals surface area contributed by atoms with Crippen LogP contribution in [0, 0.1) is 5.92 Å². The fourth-order valence-electron chi connectivity index (χ4n) is 3.76. The first kappa shape index (κ1) is 14.3. The second-order valence-electron chi connectivity index (χ2n) is 5.97. The van der Waals surface area contributed by atoms with Crippen LogP contribution in [0.25, 0.3) is 0 Å². The van der Waals surface area contributed by atoms with Gasteiger partial charge in [0.25, 0.3) is 0 Å². The number of nitrogens with one attached hydrogen (secondary N) is 1. The Bertz CT molecular complexity index is 235. The zero-order valence-corrected chi connectivity index (χ0v) is 12.2.